The molecule has 0 aromatic rings. The topological polar surface area (TPSA) is 3.24 Å². The highest BCUT2D eigenvalue weighted by Gasteiger charge is 2.35. The number of likely N-dealkylation sites (tertiary alicyclic amines) is 1. The number of hydrogen-bond acceptors (Lipinski definition) is 1. The van der Waals surface area contributed by atoms with Crippen molar-refractivity contribution in [2.24, 2.45) is 5.92 Å². The van der Waals surface area contributed by atoms with Crippen molar-refractivity contribution in [3.8, 4) is 0 Å². The highest BCUT2D eigenvalue weighted by Crippen LogP contribution is 2.27. The quantitative estimate of drug-likeness (QED) is 0.623. The lowest BCUT2D eigenvalue weighted by Crippen LogP contribution is -2.41. The molecule has 0 spiro atoms. The Morgan fingerprint density at radius 2 is 2.00 bits per heavy atom. The average molecular weight is 194 g/mol. The van der Waals surface area contributed by atoms with Crippen LogP contribution in [0.3, 0.4) is 0 Å². The van der Waals surface area contributed by atoms with E-state index in [1.165, 1.54) is 0 Å². The molecule has 1 heterocycles. The van der Waals surface area contributed by atoms with E-state index in [1.807, 2.05) is 13.8 Å². The number of nitrogens with zero attached hydrogens (tertiary/aromatic N) is 1. The molecule has 1 nitrogen and oxygen atoms in total. The van der Waals surface area contributed by atoms with Gasteiger partial charge in [-0.1, -0.05) is 13.8 Å². The first kappa shape index (κ1) is 10.9. The van der Waals surface area contributed by atoms with E-state index >= 15 is 0 Å². The minimum absolute atomic E-state index is 0.142. The fraction of sp³-hybridized carbons (Fsp3) is 1.00. The van der Waals surface area contributed by atoms with Crippen molar-refractivity contribution < 1.29 is 12.9 Å². The lowest BCUT2D eigenvalue weighted by Gasteiger charge is -2.30. The van der Waals surface area contributed by atoms with Gasteiger partial charge in [0.15, 0.2) is 0 Å². The summed E-state index contributed by atoms with van der Waals surface area (Å²) >= 11 is 0. The van der Waals surface area contributed by atoms with Crippen LogP contribution in [0.25, 0.3) is 0 Å². The number of halogens is 3. The number of hydrogen-bond donors (Lipinski definition) is 0. The molecular formula is C8H16BF3N-. The largest absolute Gasteiger partial charge is 0.492 e. The van der Waals surface area contributed by atoms with Crippen LogP contribution in [0.1, 0.15) is 26.7 Å². The molecule has 0 saturated carbocycles. The van der Waals surface area contributed by atoms with Crippen LogP contribution in [0.2, 0.25) is 0 Å². The van der Waals surface area contributed by atoms with Crippen LogP contribution in [-0.2, 0) is 0 Å². The van der Waals surface area contributed by atoms with Gasteiger partial charge in [-0.2, -0.15) is 0 Å². The summed E-state index contributed by atoms with van der Waals surface area (Å²) in [5.74, 6) is 0.420. The van der Waals surface area contributed by atoms with Gasteiger partial charge in [0.1, 0.15) is 0 Å². The standard InChI is InChI=1S/C8H16BF3N/c1-3-8-7(2)4-5-13(8)6-9(10,11)12/h7-8H,3-6H2,1-2H3/q-1. The third-order valence-electron chi connectivity index (χ3n) is 2.86. The molecule has 0 bridgehead atoms. The Hall–Kier alpha value is -0.185. The number of rotatable bonds is 3. The van der Waals surface area contributed by atoms with Gasteiger partial charge in [0.05, 0.1) is 0 Å². The molecule has 0 N–H and O–H groups in total. The first-order valence-corrected chi connectivity index (χ1v) is 4.89. The molecule has 1 saturated heterocycles. The van der Waals surface area contributed by atoms with Crippen LogP contribution in [0.5, 0.6) is 0 Å². The molecule has 5 heteroatoms. The Labute approximate surface area is 77.4 Å². The van der Waals surface area contributed by atoms with Crippen LogP contribution in [0.4, 0.5) is 12.9 Å². The van der Waals surface area contributed by atoms with E-state index in [0.29, 0.717) is 12.5 Å². The Bertz CT molecular complexity index is 171. The fourth-order valence-corrected chi connectivity index (χ4v) is 2.24. The molecule has 0 aromatic heterocycles. The maximum Gasteiger partial charge on any atom is 0.492 e. The third-order valence-corrected chi connectivity index (χ3v) is 2.86. The summed E-state index contributed by atoms with van der Waals surface area (Å²) < 4.78 is 36.5. The molecule has 1 fully saturated rings. The minimum Gasteiger partial charge on any atom is -0.448 e. The van der Waals surface area contributed by atoms with Crippen LogP contribution >= 0.6 is 0 Å². The van der Waals surface area contributed by atoms with Gasteiger partial charge < -0.3 is 17.8 Å². The van der Waals surface area contributed by atoms with E-state index in [1.54, 1.807) is 4.90 Å². The maximum absolute atomic E-state index is 12.2. The van der Waals surface area contributed by atoms with Crippen LogP contribution in [0.15, 0.2) is 0 Å². The highest BCUT2D eigenvalue weighted by atomic mass is 19.4. The van der Waals surface area contributed by atoms with E-state index in [9.17, 15) is 12.9 Å². The zero-order valence-corrected chi connectivity index (χ0v) is 8.14. The van der Waals surface area contributed by atoms with Crippen molar-refractivity contribution in [3.63, 3.8) is 0 Å². The second-order valence-corrected chi connectivity index (χ2v) is 3.95. The second-order valence-electron chi connectivity index (χ2n) is 3.95. The van der Waals surface area contributed by atoms with Crippen LogP contribution < -0.4 is 0 Å². The molecule has 1 aliphatic rings. The molecule has 0 aliphatic carbocycles. The van der Waals surface area contributed by atoms with Gasteiger partial charge in [0, 0.05) is 6.04 Å². The predicted molar refractivity (Wildman–Crippen MR) is 48.5 cm³/mol. The Morgan fingerprint density at radius 3 is 2.46 bits per heavy atom. The van der Waals surface area contributed by atoms with Gasteiger partial charge in [-0.15, -0.1) is 0 Å². The Morgan fingerprint density at radius 1 is 1.38 bits per heavy atom. The summed E-state index contributed by atoms with van der Waals surface area (Å²) in [5, 5.41) is 0. The summed E-state index contributed by atoms with van der Waals surface area (Å²) in [4.78, 5) is 1.59. The van der Waals surface area contributed by atoms with Crippen molar-refractivity contribution in [3.05, 3.63) is 0 Å². The minimum atomic E-state index is -4.65. The fourth-order valence-electron chi connectivity index (χ4n) is 2.24. The van der Waals surface area contributed by atoms with Gasteiger partial charge in [0.2, 0.25) is 0 Å². The zero-order valence-electron chi connectivity index (χ0n) is 8.14. The van der Waals surface area contributed by atoms with Gasteiger partial charge >= 0.3 is 6.98 Å². The lowest BCUT2D eigenvalue weighted by atomic mass is 9.90. The molecule has 0 aromatic carbocycles. The monoisotopic (exact) mass is 194 g/mol. The average Bonchev–Trinajstić information content (AvgIpc) is 2.28. The first-order valence-electron chi connectivity index (χ1n) is 4.89. The van der Waals surface area contributed by atoms with E-state index in [4.69, 9.17) is 0 Å². The van der Waals surface area contributed by atoms with Gasteiger partial charge in [-0.05, 0) is 31.7 Å². The maximum atomic E-state index is 12.2. The molecule has 2 atom stereocenters. The second kappa shape index (κ2) is 3.90. The summed E-state index contributed by atoms with van der Waals surface area (Å²) in [6.07, 6.45) is 1.06. The lowest BCUT2D eigenvalue weighted by molar-refractivity contribution is 0.233. The van der Waals surface area contributed by atoms with Crippen molar-refractivity contribution in [1.29, 1.82) is 0 Å². The van der Waals surface area contributed by atoms with E-state index in [2.05, 4.69) is 0 Å². The van der Waals surface area contributed by atoms with E-state index in [-0.39, 0.29) is 6.04 Å². The van der Waals surface area contributed by atoms with Crippen LogP contribution in [0, 0.1) is 5.92 Å². The third kappa shape index (κ3) is 2.90. The van der Waals surface area contributed by atoms with Gasteiger partial charge in [-0.25, -0.2) is 0 Å². The SMILES string of the molecule is CCC1C(C)CCN1C[B-](F)(F)F. The van der Waals surface area contributed by atoms with Crippen molar-refractivity contribution in [2.75, 3.05) is 13.0 Å². The van der Waals surface area contributed by atoms with Gasteiger partial charge in [0.25, 0.3) is 0 Å². The molecule has 1 rings (SSSR count). The molecule has 0 amide bonds. The molecule has 13 heavy (non-hydrogen) atoms. The summed E-state index contributed by atoms with van der Waals surface area (Å²) in [7, 11) is 0. The molecule has 2 unspecified atom stereocenters. The molecular weight excluding hydrogens is 178 g/mol. The smallest absolute Gasteiger partial charge is 0.448 e. The summed E-state index contributed by atoms with van der Waals surface area (Å²) in [5.41, 5.74) is 0. The van der Waals surface area contributed by atoms with Crippen molar-refractivity contribution >= 4 is 6.98 Å². The Balaban J connectivity index is 2.51. The predicted octanol–water partition coefficient (Wildman–Crippen LogP) is 2.49. The summed E-state index contributed by atoms with van der Waals surface area (Å²) in [6.45, 7) is -0.0346. The highest BCUT2D eigenvalue weighted by molar-refractivity contribution is 6.58. The van der Waals surface area contributed by atoms with Gasteiger partial charge in [-0.3, -0.25) is 0 Å². The van der Waals surface area contributed by atoms with Crippen LogP contribution in [-0.4, -0.2) is 30.9 Å². The zero-order chi connectivity index (χ0) is 10.1. The molecule has 78 valence electrons. The molecule has 1 aliphatic heterocycles. The summed E-state index contributed by atoms with van der Waals surface area (Å²) in [6, 6.07) is 0.142. The van der Waals surface area contributed by atoms with Crippen molar-refractivity contribution in [2.45, 2.75) is 32.7 Å². The normalized spacial score (nSPS) is 31.2. The first-order chi connectivity index (χ1) is 5.94. The van der Waals surface area contributed by atoms with E-state index < -0.39 is 13.4 Å². The van der Waals surface area contributed by atoms with E-state index in [0.717, 1.165) is 12.8 Å². The van der Waals surface area contributed by atoms with Crippen molar-refractivity contribution in [1.82, 2.24) is 4.90 Å². The Kier molecular flexibility index (Phi) is 3.27. The molecule has 0 radical (unpaired) electrons.